The zero-order valence-electron chi connectivity index (χ0n) is 12.9. The Balaban J connectivity index is 1.95. The third kappa shape index (κ3) is 3.18. The molecule has 0 amide bonds. The Morgan fingerprint density at radius 1 is 1.26 bits per heavy atom. The van der Waals surface area contributed by atoms with Gasteiger partial charge in [-0.25, -0.2) is 0 Å². The zero-order chi connectivity index (χ0) is 14.3. The molecule has 0 aromatic heterocycles. The lowest BCUT2D eigenvalue weighted by molar-refractivity contribution is -0.132. The molecular formula is C15H27NO3. The SMILES string of the molecule is CN(CC1CCCO1)CC1C(=O)C(C)(C)OC1(C)C. The Morgan fingerprint density at radius 2 is 1.95 bits per heavy atom. The lowest BCUT2D eigenvalue weighted by atomic mass is 9.85. The predicted molar refractivity (Wildman–Crippen MR) is 74.2 cm³/mol. The van der Waals surface area contributed by atoms with Crippen molar-refractivity contribution in [2.45, 2.75) is 57.8 Å². The second-order valence-corrected chi connectivity index (χ2v) is 6.99. The summed E-state index contributed by atoms with van der Waals surface area (Å²) < 4.78 is 11.6. The minimum atomic E-state index is -0.654. The summed E-state index contributed by atoms with van der Waals surface area (Å²) in [6, 6.07) is 0. The van der Waals surface area contributed by atoms with Crippen molar-refractivity contribution in [3.05, 3.63) is 0 Å². The van der Waals surface area contributed by atoms with Crippen molar-refractivity contribution in [2.24, 2.45) is 5.92 Å². The van der Waals surface area contributed by atoms with Crippen LogP contribution in [0.4, 0.5) is 0 Å². The molecule has 19 heavy (non-hydrogen) atoms. The Morgan fingerprint density at radius 3 is 2.42 bits per heavy atom. The van der Waals surface area contributed by atoms with Crippen molar-refractivity contribution in [1.82, 2.24) is 4.90 Å². The highest BCUT2D eigenvalue weighted by atomic mass is 16.5. The highest BCUT2D eigenvalue weighted by Gasteiger charge is 2.53. The number of rotatable bonds is 4. The van der Waals surface area contributed by atoms with Crippen molar-refractivity contribution in [1.29, 1.82) is 0 Å². The lowest BCUT2D eigenvalue weighted by Gasteiger charge is -2.29. The molecule has 2 fully saturated rings. The fourth-order valence-electron chi connectivity index (χ4n) is 3.34. The summed E-state index contributed by atoms with van der Waals surface area (Å²) in [5.74, 6) is 0.158. The molecular weight excluding hydrogens is 242 g/mol. The molecule has 0 bridgehead atoms. The average molecular weight is 269 g/mol. The van der Waals surface area contributed by atoms with Gasteiger partial charge in [0.15, 0.2) is 5.78 Å². The van der Waals surface area contributed by atoms with Gasteiger partial charge in [-0.15, -0.1) is 0 Å². The van der Waals surface area contributed by atoms with E-state index in [4.69, 9.17) is 9.47 Å². The average Bonchev–Trinajstić information content (AvgIpc) is 2.80. The molecule has 4 nitrogen and oxygen atoms in total. The molecule has 0 N–H and O–H groups in total. The summed E-state index contributed by atoms with van der Waals surface area (Å²) in [5, 5.41) is 0. The van der Waals surface area contributed by atoms with E-state index in [0.29, 0.717) is 6.10 Å². The Hall–Kier alpha value is -0.450. The van der Waals surface area contributed by atoms with Crippen LogP contribution in [-0.2, 0) is 14.3 Å². The van der Waals surface area contributed by atoms with Crippen LogP contribution in [0.25, 0.3) is 0 Å². The molecule has 2 aliphatic rings. The van der Waals surface area contributed by atoms with Crippen LogP contribution in [0.2, 0.25) is 0 Å². The van der Waals surface area contributed by atoms with E-state index in [0.717, 1.165) is 32.5 Å². The number of carbonyl (C=O) groups is 1. The highest BCUT2D eigenvalue weighted by Crippen LogP contribution is 2.39. The summed E-state index contributed by atoms with van der Waals surface area (Å²) in [5.41, 5.74) is -1.04. The van der Waals surface area contributed by atoms with E-state index < -0.39 is 5.60 Å². The van der Waals surface area contributed by atoms with E-state index in [-0.39, 0.29) is 17.3 Å². The number of hydrogen-bond donors (Lipinski definition) is 0. The summed E-state index contributed by atoms with van der Waals surface area (Å²) in [4.78, 5) is 14.6. The predicted octanol–water partition coefficient (Wildman–Crippen LogP) is 1.87. The van der Waals surface area contributed by atoms with Gasteiger partial charge in [-0.3, -0.25) is 4.79 Å². The summed E-state index contributed by atoms with van der Waals surface area (Å²) in [7, 11) is 2.07. The van der Waals surface area contributed by atoms with Gasteiger partial charge in [0.2, 0.25) is 0 Å². The number of Topliss-reactive ketones (excluding diaryl/α,β-unsaturated/α-hetero) is 1. The van der Waals surface area contributed by atoms with Gasteiger partial charge in [0, 0.05) is 19.7 Å². The molecule has 4 heteroatoms. The molecule has 2 rings (SSSR count). The Kier molecular flexibility index (Phi) is 4.05. The van der Waals surface area contributed by atoms with Gasteiger partial charge in [-0.1, -0.05) is 0 Å². The van der Waals surface area contributed by atoms with Crippen LogP contribution < -0.4 is 0 Å². The van der Waals surface area contributed by atoms with E-state index in [1.54, 1.807) is 0 Å². The molecule has 2 saturated heterocycles. The first kappa shape index (κ1) is 14.9. The molecule has 0 aromatic carbocycles. The second kappa shape index (κ2) is 5.15. The van der Waals surface area contributed by atoms with E-state index in [9.17, 15) is 4.79 Å². The third-order valence-corrected chi connectivity index (χ3v) is 4.30. The van der Waals surface area contributed by atoms with Crippen LogP contribution >= 0.6 is 0 Å². The smallest absolute Gasteiger partial charge is 0.171 e. The van der Waals surface area contributed by atoms with Gasteiger partial charge in [-0.05, 0) is 47.6 Å². The van der Waals surface area contributed by atoms with Crippen LogP contribution in [0.1, 0.15) is 40.5 Å². The van der Waals surface area contributed by atoms with Crippen LogP contribution in [-0.4, -0.2) is 54.7 Å². The van der Waals surface area contributed by atoms with Gasteiger partial charge >= 0.3 is 0 Å². The van der Waals surface area contributed by atoms with E-state index in [2.05, 4.69) is 11.9 Å². The maximum Gasteiger partial charge on any atom is 0.171 e. The molecule has 110 valence electrons. The minimum Gasteiger partial charge on any atom is -0.377 e. The maximum absolute atomic E-state index is 12.4. The van der Waals surface area contributed by atoms with E-state index >= 15 is 0 Å². The standard InChI is InChI=1S/C15H27NO3/c1-14(2)12(13(17)15(3,4)19-14)10-16(5)9-11-7-6-8-18-11/h11-12H,6-10H2,1-5H3. The van der Waals surface area contributed by atoms with Crippen LogP contribution in [0.15, 0.2) is 0 Å². The van der Waals surface area contributed by atoms with Gasteiger partial charge in [0.05, 0.1) is 17.6 Å². The second-order valence-electron chi connectivity index (χ2n) is 6.99. The monoisotopic (exact) mass is 269 g/mol. The molecule has 0 aliphatic carbocycles. The fraction of sp³-hybridized carbons (Fsp3) is 0.933. The fourth-order valence-corrected chi connectivity index (χ4v) is 3.34. The van der Waals surface area contributed by atoms with Gasteiger partial charge in [-0.2, -0.15) is 0 Å². The molecule has 0 saturated carbocycles. The Labute approximate surface area is 116 Å². The first-order valence-electron chi connectivity index (χ1n) is 7.27. The quantitative estimate of drug-likeness (QED) is 0.781. The van der Waals surface area contributed by atoms with Crippen molar-refractivity contribution in [2.75, 3.05) is 26.7 Å². The summed E-state index contributed by atoms with van der Waals surface area (Å²) >= 11 is 0. The van der Waals surface area contributed by atoms with E-state index in [1.165, 1.54) is 0 Å². The van der Waals surface area contributed by atoms with Gasteiger partial charge in [0.1, 0.15) is 5.60 Å². The number of carbonyl (C=O) groups excluding carboxylic acids is 1. The summed E-state index contributed by atoms with van der Waals surface area (Å²) in [6.07, 6.45) is 2.62. The molecule has 0 spiro atoms. The van der Waals surface area contributed by atoms with Crippen molar-refractivity contribution >= 4 is 5.78 Å². The van der Waals surface area contributed by atoms with Crippen molar-refractivity contribution in [3.63, 3.8) is 0 Å². The van der Waals surface area contributed by atoms with Crippen LogP contribution in [0.5, 0.6) is 0 Å². The third-order valence-electron chi connectivity index (χ3n) is 4.30. The van der Waals surface area contributed by atoms with Crippen molar-refractivity contribution in [3.8, 4) is 0 Å². The van der Waals surface area contributed by atoms with Gasteiger partial charge < -0.3 is 14.4 Å². The molecule has 2 aliphatic heterocycles. The van der Waals surface area contributed by atoms with Gasteiger partial charge in [0.25, 0.3) is 0 Å². The number of nitrogens with zero attached hydrogens (tertiary/aromatic N) is 1. The van der Waals surface area contributed by atoms with Crippen LogP contribution in [0, 0.1) is 5.92 Å². The highest BCUT2D eigenvalue weighted by molar-refractivity contribution is 5.91. The van der Waals surface area contributed by atoms with Crippen LogP contribution in [0.3, 0.4) is 0 Å². The molecule has 2 unspecified atom stereocenters. The first-order chi connectivity index (χ1) is 8.72. The molecule has 2 heterocycles. The number of ether oxygens (including phenoxy) is 2. The number of likely N-dealkylation sites (N-methyl/N-ethyl adjacent to an activating group) is 1. The number of ketones is 1. The molecule has 2 atom stereocenters. The minimum absolute atomic E-state index is 0.0612. The number of hydrogen-bond acceptors (Lipinski definition) is 4. The first-order valence-corrected chi connectivity index (χ1v) is 7.27. The van der Waals surface area contributed by atoms with Crippen molar-refractivity contribution < 1.29 is 14.3 Å². The normalized spacial score (nSPS) is 33.3. The molecule has 0 aromatic rings. The molecule has 0 radical (unpaired) electrons. The topological polar surface area (TPSA) is 38.8 Å². The maximum atomic E-state index is 12.4. The lowest BCUT2D eigenvalue weighted by Crippen LogP contribution is -2.41. The summed E-state index contributed by atoms with van der Waals surface area (Å²) in [6.45, 7) is 10.3. The Bertz CT molecular complexity index is 345. The largest absolute Gasteiger partial charge is 0.377 e. The van der Waals surface area contributed by atoms with E-state index in [1.807, 2.05) is 27.7 Å². The zero-order valence-corrected chi connectivity index (χ0v) is 12.9.